The average molecular weight is 163 g/mol. The van der Waals surface area contributed by atoms with Gasteiger partial charge in [-0.05, 0) is 24.1 Å². The summed E-state index contributed by atoms with van der Waals surface area (Å²) in [6, 6.07) is 3.87. The first kappa shape index (κ1) is 8.91. The Hall–Kier alpha value is -1.18. The van der Waals surface area contributed by atoms with Crippen molar-refractivity contribution in [3.63, 3.8) is 0 Å². The summed E-state index contributed by atoms with van der Waals surface area (Å²) in [5.74, 6) is 0. The molecule has 1 aromatic heterocycles. The van der Waals surface area contributed by atoms with Crippen molar-refractivity contribution in [3.05, 3.63) is 30.1 Å². The molecule has 0 aliphatic rings. The lowest BCUT2D eigenvalue weighted by atomic mass is 9.88. The molecular formula is C10H13NO. The van der Waals surface area contributed by atoms with Crippen molar-refractivity contribution >= 4 is 6.29 Å². The van der Waals surface area contributed by atoms with Crippen LogP contribution in [-0.4, -0.2) is 11.3 Å². The van der Waals surface area contributed by atoms with Gasteiger partial charge in [0.05, 0.1) is 0 Å². The lowest BCUT2D eigenvalue weighted by Gasteiger charge is -2.15. The van der Waals surface area contributed by atoms with E-state index in [0.717, 1.165) is 18.3 Å². The van der Waals surface area contributed by atoms with Gasteiger partial charge in [-0.3, -0.25) is 4.98 Å². The Morgan fingerprint density at radius 3 is 2.50 bits per heavy atom. The largest absolute Gasteiger partial charge is 0.303 e. The third kappa shape index (κ3) is 2.46. The standard InChI is InChI=1S/C10H13NO/c1-10(2,8-12)7-9-3-5-11-6-4-9/h3-6,8H,7H2,1-2H3. The Morgan fingerprint density at radius 2 is 2.00 bits per heavy atom. The smallest absolute Gasteiger partial charge is 0.125 e. The Bertz CT molecular complexity index is 254. The van der Waals surface area contributed by atoms with Gasteiger partial charge in [0.15, 0.2) is 0 Å². The van der Waals surface area contributed by atoms with Gasteiger partial charge in [-0.1, -0.05) is 13.8 Å². The van der Waals surface area contributed by atoms with Crippen LogP contribution in [-0.2, 0) is 11.2 Å². The number of pyridine rings is 1. The van der Waals surface area contributed by atoms with Crippen LogP contribution in [0.2, 0.25) is 0 Å². The van der Waals surface area contributed by atoms with E-state index in [1.165, 1.54) is 0 Å². The average Bonchev–Trinajstić information content (AvgIpc) is 2.06. The lowest BCUT2D eigenvalue weighted by molar-refractivity contribution is -0.114. The van der Waals surface area contributed by atoms with E-state index in [1.807, 2.05) is 26.0 Å². The summed E-state index contributed by atoms with van der Waals surface area (Å²) in [7, 11) is 0. The van der Waals surface area contributed by atoms with Crippen LogP contribution in [0.25, 0.3) is 0 Å². The molecule has 0 aliphatic carbocycles. The summed E-state index contributed by atoms with van der Waals surface area (Å²) < 4.78 is 0. The van der Waals surface area contributed by atoms with Gasteiger partial charge in [-0.2, -0.15) is 0 Å². The molecule has 0 saturated carbocycles. The van der Waals surface area contributed by atoms with E-state index >= 15 is 0 Å². The number of aldehydes is 1. The van der Waals surface area contributed by atoms with Gasteiger partial charge >= 0.3 is 0 Å². The van der Waals surface area contributed by atoms with Gasteiger partial charge in [0.25, 0.3) is 0 Å². The topological polar surface area (TPSA) is 30.0 Å². The number of carbonyl (C=O) groups excluding carboxylic acids is 1. The second-order valence-electron chi connectivity index (χ2n) is 3.64. The maximum Gasteiger partial charge on any atom is 0.125 e. The highest BCUT2D eigenvalue weighted by atomic mass is 16.1. The molecule has 0 radical (unpaired) electrons. The first-order valence-electron chi connectivity index (χ1n) is 3.99. The third-order valence-electron chi connectivity index (χ3n) is 1.73. The van der Waals surface area contributed by atoms with Gasteiger partial charge in [0, 0.05) is 17.8 Å². The fourth-order valence-electron chi connectivity index (χ4n) is 1.07. The molecule has 0 aromatic carbocycles. The Balaban J connectivity index is 2.70. The molecule has 1 heterocycles. The SMILES string of the molecule is CC(C)(C=O)Cc1ccncc1. The molecule has 2 heteroatoms. The van der Waals surface area contributed by atoms with Gasteiger partial charge in [0.2, 0.25) is 0 Å². The molecular weight excluding hydrogens is 150 g/mol. The van der Waals surface area contributed by atoms with Gasteiger partial charge in [-0.25, -0.2) is 0 Å². The van der Waals surface area contributed by atoms with Gasteiger partial charge in [-0.15, -0.1) is 0 Å². The number of rotatable bonds is 3. The number of hydrogen-bond donors (Lipinski definition) is 0. The van der Waals surface area contributed by atoms with Gasteiger partial charge in [0.1, 0.15) is 6.29 Å². The molecule has 64 valence electrons. The van der Waals surface area contributed by atoms with Crippen LogP contribution in [0.15, 0.2) is 24.5 Å². The van der Waals surface area contributed by atoms with E-state index in [9.17, 15) is 4.79 Å². The molecule has 2 nitrogen and oxygen atoms in total. The lowest BCUT2D eigenvalue weighted by Crippen LogP contribution is -2.16. The van der Waals surface area contributed by atoms with Crippen LogP contribution in [0.1, 0.15) is 19.4 Å². The fraction of sp³-hybridized carbons (Fsp3) is 0.400. The first-order chi connectivity index (χ1) is 5.64. The molecule has 0 unspecified atom stereocenters. The van der Waals surface area contributed by atoms with Crippen LogP contribution in [0.3, 0.4) is 0 Å². The van der Waals surface area contributed by atoms with E-state index in [1.54, 1.807) is 12.4 Å². The van der Waals surface area contributed by atoms with Crippen LogP contribution in [0, 0.1) is 5.41 Å². The molecule has 0 spiro atoms. The predicted octanol–water partition coefficient (Wildman–Crippen LogP) is 1.85. The molecule has 0 N–H and O–H groups in total. The van der Waals surface area contributed by atoms with Crippen molar-refractivity contribution in [3.8, 4) is 0 Å². The Kier molecular flexibility index (Phi) is 2.58. The highest BCUT2D eigenvalue weighted by molar-refractivity contribution is 5.58. The summed E-state index contributed by atoms with van der Waals surface area (Å²) in [6.07, 6.45) is 5.26. The minimum Gasteiger partial charge on any atom is -0.303 e. The minimum atomic E-state index is -0.263. The van der Waals surface area contributed by atoms with E-state index in [0.29, 0.717) is 0 Å². The highest BCUT2D eigenvalue weighted by Crippen LogP contribution is 2.17. The zero-order valence-corrected chi connectivity index (χ0v) is 7.45. The van der Waals surface area contributed by atoms with Crippen LogP contribution < -0.4 is 0 Å². The second-order valence-corrected chi connectivity index (χ2v) is 3.64. The number of carbonyl (C=O) groups is 1. The zero-order valence-electron chi connectivity index (χ0n) is 7.45. The summed E-state index contributed by atoms with van der Waals surface area (Å²) in [4.78, 5) is 14.5. The molecule has 0 bridgehead atoms. The predicted molar refractivity (Wildman–Crippen MR) is 47.8 cm³/mol. The molecule has 0 fully saturated rings. The van der Waals surface area contributed by atoms with Crippen LogP contribution >= 0.6 is 0 Å². The van der Waals surface area contributed by atoms with Gasteiger partial charge < -0.3 is 4.79 Å². The molecule has 12 heavy (non-hydrogen) atoms. The molecule has 0 aliphatic heterocycles. The van der Waals surface area contributed by atoms with Crippen LogP contribution in [0.4, 0.5) is 0 Å². The van der Waals surface area contributed by atoms with E-state index in [4.69, 9.17) is 0 Å². The van der Waals surface area contributed by atoms with Crippen molar-refractivity contribution in [1.82, 2.24) is 4.98 Å². The maximum absolute atomic E-state index is 10.6. The minimum absolute atomic E-state index is 0.263. The quantitative estimate of drug-likeness (QED) is 0.636. The highest BCUT2D eigenvalue weighted by Gasteiger charge is 2.16. The third-order valence-corrected chi connectivity index (χ3v) is 1.73. The van der Waals surface area contributed by atoms with Crippen molar-refractivity contribution in [2.45, 2.75) is 20.3 Å². The Morgan fingerprint density at radius 1 is 1.42 bits per heavy atom. The zero-order chi connectivity index (χ0) is 9.03. The maximum atomic E-state index is 10.6. The Labute approximate surface area is 72.6 Å². The fourth-order valence-corrected chi connectivity index (χ4v) is 1.07. The second kappa shape index (κ2) is 3.48. The molecule has 0 saturated heterocycles. The summed E-state index contributed by atoms with van der Waals surface area (Å²) in [5.41, 5.74) is 0.892. The van der Waals surface area contributed by atoms with Crippen molar-refractivity contribution in [1.29, 1.82) is 0 Å². The number of hydrogen-bond acceptors (Lipinski definition) is 2. The van der Waals surface area contributed by atoms with E-state index in [2.05, 4.69) is 4.98 Å². The van der Waals surface area contributed by atoms with Crippen LogP contribution in [0.5, 0.6) is 0 Å². The summed E-state index contributed by atoms with van der Waals surface area (Å²) >= 11 is 0. The molecule has 0 amide bonds. The van der Waals surface area contributed by atoms with E-state index in [-0.39, 0.29) is 5.41 Å². The molecule has 0 atom stereocenters. The molecule has 1 aromatic rings. The summed E-state index contributed by atoms with van der Waals surface area (Å²) in [6.45, 7) is 3.86. The molecule has 1 rings (SSSR count). The van der Waals surface area contributed by atoms with Crippen molar-refractivity contribution in [2.75, 3.05) is 0 Å². The number of aromatic nitrogens is 1. The normalized spacial score (nSPS) is 11.2. The first-order valence-corrected chi connectivity index (χ1v) is 3.99. The van der Waals surface area contributed by atoms with Crippen molar-refractivity contribution < 1.29 is 4.79 Å². The number of nitrogens with zero attached hydrogens (tertiary/aromatic N) is 1. The van der Waals surface area contributed by atoms with Crippen molar-refractivity contribution in [2.24, 2.45) is 5.41 Å². The monoisotopic (exact) mass is 163 g/mol. The van der Waals surface area contributed by atoms with E-state index < -0.39 is 0 Å². The summed E-state index contributed by atoms with van der Waals surface area (Å²) in [5, 5.41) is 0.